The van der Waals surface area contributed by atoms with Gasteiger partial charge in [0.2, 0.25) is 5.91 Å². The van der Waals surface area contributed by atoms with Crippen LogP contribution in [-0.4, -0.2) is 62.5 Å². The summed E-state index contributed by atoms with van der Waals surface area (Å²) in [6.45, 7) is 7.20. The molecule has 3 aliphatic heterocycles. The number of benzene rings is 3. The molecule has 0 spiro atoms. The molecule has 1 amide bonds. The summed E-state index contributed by atoms with van der Waals surface area (Å²) in [5.74, 6) is -3.31. The first kappa shape index (κ1) is 37.0. The van der Waals surface area contributed by atoms with Crippen LogP contribution in [0.15, 0.2) is 54.6 Å². The van der Waals surface area contributed by atoms with Crippen LogP contribution in [0.4, 0.5) is 14.5 Å². The lowest BCUT2D eigenvalue weighted by Crippen LogP contribution is -2.52. The molecule has 51 heavy (non-hydrogen) atoms. The first-order chi connectivity index (χ1) is 24.3. The smallest absolute Gasteiger partial charge is 0.341 e. The minimum absolute atomic E-state index is 0.0377. The van der Waals surface area contributed by atoms with Crippen molar-refractivity contribution in [2.24, 2.45) is 11.3 Å². The first-order valence-corrected chi connectivity index (χ1v) is 17.8. The van der Waals surface area contributed by atoms with Gasteiger partial charge in [0.05, 0.1) is 31.5 Å². The molecule has 0 unspecified atom stereocenters. The van der Waals surface area contributed by atoms with Crippen LogP contribution in [0.25, 0.3) is 0 Å². The Morgan fingerprint density at radius 1 is 1.08 bits per heavy atom. The lowest BCUT2D eigenvalue weighted by atomic mass is 9.62. The number of esters is 1. The predicted molar refractivity (Wildman–Crippen MR) is 190 cm³/mol. The zero-order chi connectivity index (χ0) is 36.8. The maximum Gasteiger partial charge on any atom is 0.341 e. The van der Waals surface area contributed by atoms with E-state index in [1.807, 2.05) is 25.7 Å². The monoisotopic (exact) mass is 739 g/mol. The van der Waals surface area contributed by atoms with Gasteiger partial charge in [-0.1, -0.05) is 62.2 Å². The van der Waals surface area contributed by atoms with Crippen LogP contribution in [-0.2, 0) is 19.7 Å². The summed E-state index contributed by atoms with van der Waals surface area (Å²) in [5, 5.41) is 11.5. The molecule has 0 radical (unpaired) electrons. The molecule has 0 bridgehead atoms. The van der Waals surface area contributed by atoms with Crippen molar-refractivity contribution in [3.8, 4) is 11.8 Å². The fourth-order valence-electron chi connectivity index (χ4n) is 8.46. The van der Waals surface area contributed by atoms with Crippen molar-refractivity contribution in [2.75, 3.05) is 32.3 Å². The summed E-state index contributed by atoms with van der Waals surface area (Å²) in [5.41, 5.74) is -1.45. The largest absolute Gasteiger partial charge is 0.496 e. The highest BCUT2D eigenvalue weighted by molar-refractivity contribution is 6.31. The van der Waals surface area contributed by atoms with Crippen molar-refractivity contribution in [1.29, 1.82) is 5.26 Å². The molecule has 12 heteroatoms. The quantitative estimate of drug-likeness (QED) is 0.215. The molecule has 3 saturated heterocycles. The Kier molecular flexibility index (Phi) is 10.4. The molecule has 270 valence electrons. The van der Waals surface area contributed by atoms with Gasteiger partial charge in [0.15, 0.2) is 0 Å². The number of rotatable bonds is 8. The lowest BCUT2D eigenvalue weighted by molar-refractivity contribution is -0.119. The van der Waals surface area contributed by atoms with Crippen LogP contribution in [0.2, 0.25) is 10.0 Å². The molecule has 0 aliphatic carbocycles. The molecule has 0 saturated carbocycles. The molecular formula is C39H41Cl2F2N3O5. The van der Waals surface area contributed by atoms with E-state index in [0.717, 1.165) is 18.9 Å². The standard InChI is InChI=1S/C39H41Cl2F2N3O5/c1-38(2,3)20-31-39(21-44,27-12-9-23(40)18-29(27)42)33(26-7-6-8-28(41)34(26)43)35-36(47)45(32(46(31)35)17-22-13-15-51-16-14-22)24-10-11-25(37(48)50-5)30(19-24)49-4/h6-12,18-19,22,31-33,35H,13-17,20H2,1-5H3/t31-,32+,33-,35+,39-/m0/s1. The van der Waals surface area contributed by atoms with Gasteiger partial charge in [-0.2, -0.15) is 5.26 Å². The van der Waals surface area contributed by atoms with Crippen LogP contribution in [0, 0.1) is 34.3 Å². The number of methoxy groups -OCH3 is 2. The van der Waals surface area contributed by atoms with E-state index >= 15 is 13.6 Å². The molecule has 3 aliphatic rings. The molecule has 3 heterocycles. The van der Waals surface area contributed by atoms with Crippen LogP contribution >= 0.6 is 23.2 Å². The Bertz CT molecular complexity index is 1870. The summed E-state index contributed by atoms with van der Waals surface area (Å²) < 4.78 is 49.0. The number of ether oxygens (including phenoxy) is 3. The molecule has 3 aromatic carbocycles. The Morgan fingerprint density at radius 2 is 1.80 bits per heavy atom. The number of carbonyl (C=O) groups excluding carboxylic acids is 2. The molecule has 3 aromatic rings. The molecule has 3 fully saturated rings. The van der Waals surface area contributed by atoms with Crippen LogP contribution in [0.5, 0.6) is 5.75 Å². The minimum atomic E-state index is -1.75. The van der Waals surface area contributed by atoms with Gasteiger partial charge in [-0.05, 0) is 72.9 Å². The lowest BCUT2D eigenvalue weighted by Gasteiger charge is -2.43. The van der Waals surface area contributed by atoms with Crippen molar-refractivity contribution in [3.05, 3.63) is 93.0 Å². The Balaban J connectivity index is 1.65. The molecular weight excluding hydrogens is 699 g/mol. The zero-order valence-electron chi connectivity index (χ0n) is 29.2. The van der Waals surface area contributed by atoms with Crippen LogP contribution < -0.4 is 9.64 Å². The number of nitrogens with zero attached hydrogens (tertiary/aromatic N) is 3. The maximum absolute atomic E-state index is 16.4. The van der Waals surface area contributed by atoms with Gasteiger partial charge in [-0.3, -0.25) is 14.6 Å². The summed E-state index contributed by atoms with van der Waals surface area (Å²) in [4.78, 5) is 31.6. The molecule has 0 aromatic heterocycles. The van der Waals surface area contributed by atoms with E-state index in [1.54, 1.807) is 29.2 Å². The van der Waals surface area contributed by atoms with Gasteiger partial charge < -0.3 is 14.2 Å². The van der Waals surface area contributed by atoms with E-state index in [4.69, 9.17) is 37.4 Å². The third-order valence-corrected chi connectivity index (χ3v) is 11.1. The van der Waals surface area contributed by atoms with Crippen molar-refractivity contribution >= 4 is 40.8 Å². The number of halogens is 4. The highest BCUT2D eigenvalue weighted by atomic mass is 35.5. The number of amides is 1. The van der Waals surface area contributed by atoms with Crippen molar-refractivity contribution < 1.29 is 32.6 Å². The highest BCUT2D eigenvalue weighted by Crippen LogP contribution is 2.60. The van der Waals surface area contributed by atoms with Gasteiger partial charge in [-0.25, -0.2) is 13.6 Å². The van der Waals surface area contributed by atoms with Gasteiger partial charge in [-0.15, -0.1) is 0 Å². The Labute approximate surface area is 307 Å². The average molecular weight is 741 g/mol. The van der Waals surface area contributed by atoms with Gasteiger partial charge >= 0.3 is 5.97 Å². The SMILES string of the molecule is COC(=O)c1ccc(N2C(=O)[C@H]3[C@H](c4cccc(Cl)c4F)[C@@](C#N)(c4ccc(Cl)cc4F)[C@H](CC(C)(C)C)N3[C@@H]2CC2CCOCC2)cc1OC. The van der Waals surface area contributed by atoms with E-state index in [0.29, 0.717) is 31.7 Å². The maximum atomic E-state index is 16.4. The number of fused-ring (bicyclic) bond motifs is 1. The topological polar surface area (TPSA) is 92.1 Å². The fourth-order valence-corrected chi connectivity index (χ4v) is 8.80. The number of hydrogen-bond acceptors (Lipinski definition) is 7. The third-order valence-electron chi connectivity index (χ3n) is 10.6. The van der Waals surface area contributed by atoms with E-state index < -0.39 is 58.5 Å². The Hall–Kier alpha value is -3.75. The number of anilines is 1. The number of nitriles is 1. The summed E-state index contributed by atoms with van der Waals surface area (Å²) >= 11 is 12.6. The molecule has 6 rings (SSSR count). The normalized spacial score (nSPS) is 25.5. The molecule has 5 atom stereocenters. The van der Waals surface area contributed by atoms with Crippen LogP contribution in [0.1, 0.15) is 73.9 Å². The van der Waals surface area contributed by atoms with Crippen molar-refractivity contribution in [3.63, 3.8) is 0 Å². The van der Waals surface area contributed by atoms with Gasteiger partial charge in [0.25, 0.3) is 0 Å². The Morgan fingerprint density at radius 3 is 2.43 bits per heavy atom. The predicted octanol–water partition coefficient (Wildman–Crippen LogP) is 8.29. The second-order valence-corrected chi connectivity index (χ2v) is 15.6. The minimum Gasteiger partial charge on any atom is -0.496 e. The second-order valence-electron chi connectivity index (χ2n) is 14.8. The first-order valence-electron chi connectivity index (χ1n) is 17.0. The van der Waals surface area contributed by atoms with Gasteiger partial charge in [0.1, 0.15) is 34.4 Å². The summed E-state index contributed by atoms with van der Waals surface area (Å²) in [6.07, 6.45) is 1.73. The fraction of sp³-hybridized carbons (Fsp3) is 0.462. The van der Waals surface area contributed by atoms with E-state index in [2.05, 4.69) is 6.07 Å². The van der Waals surface area contributed by atoms with E-state index in [-0.39, 0.29) is 38.4 Å². The molecule has 8 nitrogen and oxygen atoms in total. The van der Waals surface area contributed by atoms with E-state index in [9.17, 15) is 10.1 Å². The zero-order valence-corrected chi connectivity index (χ0v) is 30.7. The third kappa shape index (κ3) is 6.48. The van der Waals surface area contributed by atoms with E-state index in [1.165, 1.54) is 38.5 Å². The van der Waals surface area contributed by atoms with Crippen molar-refractivity contribution in [1.82, 2.24) is 4.90 Å². The van der Waals surface area contributed by atoms with Crippen LogP contribution in [0.3, 0.4) is 0 Å². The van der Waals surface area contributed by atoms with Gasteiger partial charge in [0, 0.05) is 47.5 Å². The molecule has 0 N–H and O–H groups in total. The number of carbonyl (C=O) groups is 2. The average Bonchev–Trinajstić information content (AvgIpc) is 3.53. The van der Waals surface area contributed by atoms with Crippen molar-refractivity contribution in [2.45, 2.75) is 76.0 Å². The summed E-state index contributed by atoms with van der Waals surface area (Å²) in [6, 6.07) is 14.1. The number of hydrogen-bond donors (Lipinski definition) is 0. The second kappa shape index (κ2) is 14.3. The highest BCUT2D eigenvalue weighted by Gasteiger charge is 2.70. The summed E-state index contributed by atoms with van der Waals surface area (Å²) in [7, 11) is 2.70.